The lowest BCUT2D eigenvalue weighted by Crippen LogP contribution is -2.44. The maximum Gasteiger partial charge on any atom is 0.407 e. The molecule has 3 heterocycles. The summed E-state index contributed by atoms with van der Waals surface area (Å²) in [6.45, 7) is 10.4. The first-order valence-corrected chi connectivity index (χ1v) is 20.0. The number of sulfonamides is 1. The lowest BCUT2D eigenvalue weighted by Gasteiger charge is -2.30. The van der Waals surface area contributed by atoms with Crippen LogP contribution in [0, 0.1) is 41.1 Å². The van der Waals surface area contributed by atoms with Gasteiger partial charge < -0.3 is 24.8 Å². The summed E-state index contributed by atoms with van der Waals surface area (Å²) in [4.78, 5) is 18.2. The zero-order valence-corrected chi connectivity index (χ0v) is 31.2. The Labute approximate surface area is 301 Å². The smallest absolute Gasteiger partial charge is 0.407 e. The number of aromatic nitrogens is 1. The van der Waals surface area contributed by atoms with Crippen LogP contribution in [0.4, 0.5) is 23.1 Å². The van der Waals surface area contributed by atoms with Gasteiger partial charge in [0.2, 0.25) is 10.0 Å². The lowest BCUT2D eigenvalue weighted by molar-refractivity contribution is -0.174. The van der Waals surface area contributed by atoms with Crippen LogP contribution >= 0.6 is 11.3 Å². The summed E-state index contributed by atoms with van der Waals surface area (Å²) in [6.07, 6.45) is 0.774. The molecular formula is C36H47F3N4O6S2. The minimum atomic E-state index is -4.01. The number of nitrogens with zero attached hydrogens (tertiary/aromatic N) is 2. The van der Waals surface area contributed by atoms with Gasteiger partial charge in [-0.2, -0.15) is 4.31 Å². The van der Waals surface area contributed by atoms with Crippen molar-refractivity contribution in [3.8, 4) is 0 Å². The maximum absolute atomic E-state index is 14.3. The number of ether oxygens (including phenoxy) is 3. The zero-order valence-electron chi connectivity index (χ0n) is 29.5. The summed E-state index contributed by atoms with van der Waals surface area (Å²) < 4.78 is 90.8. The summed E-state index contributed by atoms with van der Waals surface area (Å²) in [5.74, 6) is -4.29. The van der Waals surface area contributed by atoms with Crippen molar-refractivity contribution in [2.75, 3.05) is 25.0 Å². The number of carbonyl (C=O) groups excluding carboxylic acids is 1. The number of nitrogens with one attached hydrogen (secondary N) is 2. The van der Waals surface area contributed by atoms with E-state index in [9.17, 15) is 26.4 Å². The number of anilines is 1. The number of amides is 1. The van der Waals surface area contributed by atoms with Gasteiger partial charge in [0.05, 0.1) is 27.8 Å². The zero-order chi connectivity index (χ0) is 36.6. The molecule has 1 amide bonds. The fourth-order valence-electron chi connectivity index (χ4n) is 6.79. The van der Waals surface area contributed by atoms with E-state index in [0.29, 0.717) is 24.6 Å². The van der Waals surface area contributed by atoms with E-state index in [1.54, 1.807) is 18.2 Å². The Kier molecular flexibility index (Phi) is 11.5. The molecule has 15 heteroatoms. The van der Waals surface area contributed by atoms with Crippen LogP contribution in [0.25, 0.3) is 10.2 Å². The topological polar surface area (TPSA) is 119 Å². The summed E-state index contributed by atoms with van der Waals surface area (Å²) in [6, 6.07) is 6.22. The van der Waals surface area contributed by atoms with Gasteiger partial charge in [-0.15, -0.1) is 0 Å². The highest BCUT2D eigenvalue weighted by molar-refractivity contribution is 7.89. The molecule has 1 aliphatic carbocycles. The second-order valence-corrected chi connectivity index (χ2v) is 17.8. The quantitative estimate of drug-likeness (QED) is 0.168. The van der Waals surface area contributed by atoms with Crippen LogP contribution < -0.4 is 10.6 Å². The number of benzene rings is 2. The molecule has 6 atom stereocenters. The largest absolute Gasteiger partial charge is 0.446 e. The van der Waals surface area contributed by atoms with Crippen LogP contribution in [0.15, 0.2) is 35.2 Å². The van der Waals surface area contributed by atoms with Crippen molar-refractivity contribution in [3.05, 3.63) is 53.3 Å². The number of hydrogen-bond acceptors (Lipinski definition) is 9. The van der Waals surface area contributed by atoms with Gasteiger partial charge in [0.1, 0.15) is 6.10 Å². The van der Waals surface area contributed by atoms with Crippen molar-refractivity contribution >= 4 is 42.8 Å². The second kappa shape index (κ2) is 15.6. The molecule has 2 aliphatic heterocycles. The molecule has 3 fully saturated rings. The maximum atomic E-state index is 14.3. The van der Waals surface area contributed by atoms with Gasteiger partial charge >= 0.3 is 6.09 Å². The third-order valence-electron chi connectivity index (χ3n) is 9.86. The van der Waals surface area contributed by atoms with Crippen LogP contribution in [-0.2, 0) is 30.7 Å². The molecule has 1 aromatic heterocycles. The first-order chi connectivity index (χ1) is 24.2. The predicted octanol–water partition coefficient (Wildman–Crippen LogP) is 7.08. The number of carbonyl (C=O) groups is 1. The minimum absolute atomic E-state index is 0.00691. The Balaban J connectivity index is 1.21. The third-order valence-corrected chi connectivity index (χ3v) is 12.7. The number of alkyl carbamates (subject to hydrolysis) is 1. The van der Waals surface area contributed by atoms with E-state index < -0.39 is 45.7 Å². The van der Waals surface area contributed by atoms with E-state index in [0.717, 1.165) is 34.8 Å². The van der Waals surface area contributed by atoms with E-state index in [-0.39, 0.29) is 72.5 Å². The van der Waals surface area contributed by atoms with Gasteiger partial charge in [0.25, 0.3) is 0 Å². The number of thiazole rings is 1. The van der Waals surface area contributed by atoms with Crippen LogP contribution in [0.5, 0.6) is 0 Å². The highest BCUT2D eigenvalue weighted by Gasteiger charge is 2.47. The van der Waals surface area contributed by atoms with Gasteiger partial charge in [-0.3, -0.25) is 0 Å². The van der Waals surface area contributed by atoms with E-state index in [1.807, 2.05) is 34.6 Å². The lowest BCUT2D eigenvalue weighted by atomic mass is 9.88. The number of hydrogen-bond donors (Lipinski definition) is 2. The van der Waals surface area contributed by atoms with Gasteiger partial charge in [0.15, 0.2) is 28.9 Å². The standard InChI is InChI=1S/C36H47F3N4O6S2/c1-19(2)17-43(51(45,46)25-8-9-29-32(15-25)50-35(42-29)40-23-6-7-23)11-10-24(12-22-13-27(37)33(39)28(38)14-22)41-36(44)49-31-16-30(20(3)4)48-34-21(5)26(31)18-47-34/h8-9,13-15,19-21,23-24,26,30-31,34H,6-7,10-12,16-18H2,1-5H3,(H,40,42)(H,41,44)/t21?,24-,26?,30?,31?,34?/m1/s1. The molecule has 2 aromatic carbocycles. The Morgan fingerprint density at radius 3 is 2.51 bits per heavy atom. The molecule has 6 rings (SSSR count). The Morgan fingerprint density at radius 2 is 1.84 bits per heavy atom. The molecule has 2 N–H and O–H groups in total. The van der Waals surface area contributed by atoms with E-state index in [4.69, 9.17) is 14.2 Å². The summed E-state index contributed by atoms with van der Waals surface area (Å²) in [7, 11) is -4.01. The molecule has 2 bridgehead atoms. The Hall–Kier alpha value is -2.98. The fourth-order valence-corrected chi connectivity index (χ4v) is 9.49. The van der Waals surface area contributed by atoms with E-state index in [2.05, 4.69) is 15.6 Å². The van der Waals surface area contributed by atoms with Crippen molar-refractivity contribution in [2.45, 2.75) is 102 Å². The third kappa shape index (κ3) is 8.98. The monoisotopic (exact) mass is 752 g/mol. The van der Waals surface area contributed by atoms with Crippen molar-refractivity contribution in [1.82, 2.24) is 14.6 Å². The summed E-state index contributed by atoms with van der Waals surface area (Å²) in [5, 5.41) is 6.94. The molecule has 3 aromatic rings. The number of rotatable bonds is 14. The predicted molar refractivity (Wildman–Crippen MR) is 188 cm³/mol. The van der Waals surface area contributed by atoms with Crippen LogP contribution in [0.1, 0.15) is 65.9 Å². The normalized spacial score (nSPS) is 24.3. The van der Waals surface area contributed by atoms with Crippen LogP contribution in [0.3, 0.4) is 0 Å². The van der Waals surface area contributed by atoms with Gasteiger partial charge in [0, 0.05) is 43.4 Å². The molecule has 3 aliphatic rings. The molecule has 51 heavy (non-hydrogen) atoms. The van der Waals surface area contributed by atoms with Crippen molar-refractivity contribution < 1.29 is 40.6 Å². The molecule has 280 valence electrons. The summed E-state index contributed by atoms with van der Waals surface area (Å²) in [5.41, 5.74) is 0.803. The highest BCUT2D eigenvalue weighted by Crippen LogP contribution is 2.39. The van der Waals surface area contributed by atoms with Gasteiger partial charge in [-0.05, 0) is 73.4 Å². The van der Waals surface area contributed by atoms with E-state index in [1.165, 1.54) is 15.6 Å². The Bertz CT molecular complexity index is 1800. The first-order valence-electron chi connectivity index (χ1n) is 17.7. The fraction of sp³-hybridized carbons (Fsp3) is 0.611. The average Bonchev–Trinajstić information content (AvgIpc) is 3.68. The molecular weight excluding hydrogens is 706 g/mol. The van der Waals surface area contributed by atoms with Crippen LogP contribution in [-0.4, -0.2) is 74.1 Å². The summed E-state index contributed by atoms with van der Waals surface area (Å²) >= 11 is 1.40. The van der Waals surface area contributed by atoms with Crippen molar-refractivity contribution in [1.29, 1.82) is 0 Å². The van der Waals surface area contributed by atoms with Gasteiger partial charge in [-0.1, -0.05) is 46.0 Å². The molecule has 1 saturated carbocycles. The number of halogens is 3. The van der Waals surface area contributed by atoms with E-state index >= 15 is 0 Å². The minimum Gasteiger partial charge on any atom is -0.446 e. The van der Waals surface area contributed by atoms with Crippen molar-refractivity contribution in [3.63, 3.8) is 0 Å². The molecule has 0 radical (unpaired) electrons. The van der Waals surface area contributed by atoms with Crippen molar-refractivity contribution in [2.24, 2.45) is 23.7 Å². The van der Waals surface area contributed by atoms with Gasteiger partial charge in [-0.25, -0.2) is 31.4 Å². The highest BCUT2D eigenvalue weighted by atomic mass is 32.2. The second-order valence-electron chi connectivity index (χ2n) is 14.9. The molecule has 5 unspecified atom stereocenters. The molecule has 2 saturated heterocycles. The average molecular weight is 753 g/mol. The Morgan fingerprint density at radius 1 is 1.12 bits per heavy atom. The van der Waals surface area contributed by atoms with Crippen LogP contribution in [0.2, 0.25) is 0 Å². The first kappa shape index (κ1) is 37.8. The molecule has 0 spiro atoms. The molecule has 10 nitrogen and oxygen atoms in total. The SMILES string of the molecule is CC(C)CN(CC[C@H](Cc1cc(F)c(F)c(F)c1)NC(=O)OC1CC(C(C)C)OC2OCC1C2C)S(=O)(=O)c1ccc2nc(NC3CC3)sc2c1. The number of fused-ring (bicyclic) bond motifs is 3.